The third kappa shape index (κ3) is 3.51. The van der Waals surface area contributed by atoms with Gasteiger partial charge in [-0.15, -0.1) is 0 Å². The summed E-state index contributed by atoms with van der Waals surface area (Å²) in [5.41, 5.74) is 5.48. The molecule has 0 atom stereocenters. The minimum atomic E-state index is -1.17. The van der Waals surface area contributed by atoms with Crippen LogP contribution in [-0.2, 0) is 0 Å². The van der Waals surface area contributed by atoms with Crippen LogP contribution in [0.3, 0.4) is 0 Å². The van der Waals surface area contributed by atoms with Gasteiger partial charge < -0.3 is 20.3 Å². The maximum absolute atomic E-state index is 11.1. The van der Waals surface area contributed by atoms with Crippen LogP contribution in [0.15, 0.2) is 6.07 Å². The molecule has 100 valence electrons. The van der Waals surface area contributed by atoms with Crippen molar-refractivity contribution in [3.05, 3.63) is 11.6 Å². The molecule has 6 heteroatoms. The molecule has 0 aliphatic heterocycles. The summed E-state index contributed by atoms with van der Waals surface area (Å²) < 4.78 is 10.8. The Morgan fingerprint density at radius 1 is 1.28 bits per heavy atom. The maximum atomic E-state index is 11.1. The minimum Gasteiger partial charge on any atom is -0.490 e. The molecule has 0 spiro atoms. The number of carboxylic acid groups (broad SMARTS) is 1. The van der Waals surface area contributed by atoms with Gasteiger partial charge in [-0.3, -0.25) is 0 Å². The minimum absolute atomic E-state index is 0.0838. The molecule has 0 unspecified atom stereocenters. The summed E-state index contributed by atoms with van der Waals surface area (Å²) in [5, 5.41) is 9.09. The predicted octanol–water partition coefficient (Wildman–Crippen LogP) is 1.94. The Labute approximate surface area is 106 Å². The summed E-state index contributed by atoms with van der Waals surface area (Å²) in [4.78, 5) is 15.0. The van der Waals surface area contributed by atoms with E-state index >= 15 is 0 Å². The number of nitrogen functional groups attached to an aromatic ring is 1. The highest BCUT2D eigenvalue weighted by Crippen LogP contribution is 2.29. The molecule has 0 saturated heterocycles. The molecule has 0 bridgehead atoms. The smallest absolute Gasteiger partial charge is 0.343 e. The Morgan fingerprint density at radius 2 is 1.83 bits per heavy atom. The lowest BCUT2D eigenvalue weighted by Gasteiger charge is -2.16. The molecular weight excluding hydrogens is 236 g/mol. The van der Waals surface area contributed by atoms with Crippen molar-refractivity contribution in [2.24, 2.45) is 0 Å². The summed E-state index contributed by atoms with van der Waals surface area (Å²) in [7, 11) is 0. The number of hydrogen-bond donors (Lipinski definition) is 2. The first-order valence-electron chi connectivity index (χ1n) is 5.68. The van der Waals surface area contributed by atoms with E-state index < -0.39 is 5.97 Å². The molecule has 0 aliphatic carbocycles. The van der Waals surface area contributed by atoms with Crippen LogP contribution in [0.25, 0.3) is 0 Å². The zero-order valence-electron chi connectivity index (χ0n) is 10.9. The van der Waals surface area contributed by atoms with Crippen LogP contribution >= 0.6 is 0 Å². The van der Waals surface area contributed by atoms with Gasteiger partial charge in [-0.1, -0.05) is 0 Å². The van der Waals surface area contributed by atoms with Crippen molar-refractivity contribution in [1.29, 1.82) is 0 Å². The summed E-state index contributed by atoms with van der Waals surface area (Å²) in [6.45, 7) is 7.27. The Balaban J connectivity index is 3.23. The molecule has 0 radical (unpaired) electrons. The summed E-state index contributed by atoms with van der Waals surface area (Å²) in [6.07, 6.45) is -0.253. The van der Waals surface area contributed by atoms with Gasteiger partial charge in [0.25, 0.3) is 0 Å². The van der Waals surface area contributed by atoms with Crippen LogP contribution < -0.4 is 15.2 Å². The van der Waals surface area contributed by atoms with Gasteiger partial charge in [0.2, 0.25) is 5.88 Å². The van der Waals surface area contributed by atoms with Crippen molar-refractivity contribution in [2.45, 2.75) is 39.9 Å². The number of aromatic carboxylic acids is 1. The zero-order valence-corrected chi connectivity index (χ0v) is 10.9. The maximum Gasteiger partial charge on any atom is 0.343 e. The lowest BCUT2D eigenvalue weighted by molar-refractivity contribution is 0.0691. The van der Waals surface area contributed by atoms with Crippen LogP contribution in [0.5, 0.6) is 11.6 Å². The van der Waals surface area contributed by atoms with E-state index in [9.17, 15) is 4.79 Å². The number of pyridine rings is 1. The fourth-order valence-electron chi connectivity index (χ4n) is 1.38. The number of aromatic nitrogens is 1. The first-order chi connectivity index (χ1) is 8.31. The molecule has 1 aromatic rings. The van der Waals surface area contributed by atoms with Crippen molar-refractivity contribution in [3.8, 4) is 11.6 Å². The number of nitrogens with two attached hydrogens (primary N) is 1. The van der Waals surface area contributed by atoms with Gasteiger partial charge in [0.05, 0.1) is 12.2 Å². The van der Waals surface area contributed by atoms with Crippen LogP contribution in [0.4, 0.5) is 5.82 Å². The molecule has 0 saturated carbocycles. The molecule has 6 nitrogen and oxygen atoms in total. The van der Waals surface area contributed by atoms with E-state index in [1.807, 2.05) is 13.8 Å². The third-order valence-electron chi connectivity index (χ3n) is 1.92. The summed E-state index contributed by atoms with van der Waals surface area (Å²) in [6, 6.07) is 1.44. The van der Waals surface area contributed by atoms with Gasteiger partial charge in [-0.05, 0) is 27.7 Å². The first-order valence-corrected chi connectivity index (χ1v) is 5.68. The quantitative estimate of drug-likeness (QED) is 0.833. The number of carboxylic acids is 1. The van der Waals surface area contributed by atoms with Crippen molar-refractivity contribution in [3.63, 3.8) is 0 Å². The Bertz CT molecular complexity index is 444. The van der Waals surface area contributed by atoms with Gasteiger partial charge in [0.1, 0.15) is 17.1 Å². The highest BCUT2D eigenvalue weighted by atomic mass is 16.5. The number of anilines is 1. The molecule has 1 aromatic heterocycles. The lowest BCUT2D eigenvalue weighted by Crippen LogP contribution is -2.15. The fourth-order valence-corrected chi connectivity index (χ4v) is 1.38. The SMILES string of the molecule is CC(C)Oc1cc(OC(C)C)c(C(=O)O)c(N)n1. The summed E-state index contributed by atoms with van der Waals surface area (Å²) in [5.74, 6) is -0.869. The van der Waals surface area contributed by atoms with Crippen molar-refractivity contribution in [2.75, 3.05) is 5.73 Å². The average molecular weight is 254 g/mol. The highest BCUT2D eigenvalue weighted by Gasteiger charge is 2.20. The van der Waals surface area contributed by atoms with E-state index in [1.54, 1.807) is 13.8 Å². The van der Waals surface area contributed by atoms with Gasteiger partial charge in [-0.25, -0.2) is 4.79 Å². The van der Waals surface area contributed by atoms with Crippen LogP contribution in [0.1, 0.15) is 38.1 Å². The molecule has 1 rings (SSSR count). The van der Waals surface area contributed by atoms with Crippen LogP contribution in [-0.4, -0.2) is 28.3 Å². The van der Waals surface area contributed by atoms with E-state index in [1.165, 1.54) is 6.07 Å². The Kier molecular flexibility index (Phi) is 4.36. The number of ether oxygens (including phenoxy) is 2. The molecular formula is C12H18N2O4. The standard InChI is InChI=1S/C12H18N2O4/c1-6(2)17-8-5-9(18-7(3)4)14-11(13)10(8)12(15)16/h5-7H,1-4H3,(H2,13,14)(H,15,16). The topological polar surface area (TPSA) is 94.7 Å². The van der Waals surface area contributed by atoms with Gasteiger partial charge in [-0.2, -0.15) is 4.98 Å². The Morgan fingerprint density at radius 3 is 2.28 bits per heavy atom. The zero-order chi connectivity index (χ0) is 13.9. The molecule has 0 aromatic carbocycles. The molecule has 1 heterocycles. The highest BCUT2D eigenvalue weighted by molar-refractivity contribution is 5.96. The van der Waals surface area contributed by atoms with E-state index in [0.29, 0.717) is 0 Å². The number of rotatable bonds is 5. The lowest BCUT2D eigenvalue weighted by atomic mass is 10.2. The van der Waals surface area contributed by atoms with Gasteiger partial charge in [0.15, 0.2) is 0 Å². The van der Waals surface area contributed by atoms with Crippen LogP contribution in [0.2, 0.25) is 0 Å². The first kappa shape index (κ1) is 14.1. The van der Waals surface area contributed by atoms with E-state index in [2.05, 4.69) is 4.98 Å². The molecule has 0 fully saturated rings. The average Bonchev–Trinajstić information content (AvgIpc) is 2.12. The largest absolute Gasteiger partial charge is 0.490 e. The van der Waals surface area contributed by atoms with E-state index in [4.69, 9.17) is 20.3 Å². The van der Waals surface area contributed by atoms with Crippen LogP contribution in [0, 0.1) is 0 Å². The third-order valence-corrected chi connectivity index (χ3v) is 1.92. The van der Waals surface area contributed by atoms with Gasteiger partial charge in [0, 0.05) is 6.07 Å². The second-order valence-electron chi connectivity index (χ2n) is 4.36. The van der Waals surface area contributed by atoms with Crippen molar-refractivity contribution in [1.82, 2.24) is 4.98 Å². The fraction of sp³-hybridized carbons (Fsp3) is 0.500. The molecule has 0 amide bonds. The molecule has 18 heavy (non-hydrogen) atoms. The summed E-state index contributed by atoms with van der Waals surface area (Å²) >= 11 is 0. The Hall–Kier alpha value is -1.98. The van der Waals surface area contributed by atoms with Crippen molar-refractivity contribution >= 4 is 11.8 Å². The second kappa shape index (κ2) is 5.57. The van der Waals surface area contributed by atoms with E-state index in [-0.39, 0.29) is 35.2 Å². The molecule has 3 N–H and O–H groups in total. The number of hydrogen-bond acceptors (Lipinski definition) is 5. The van der Waals surface area contributed by atoms with E-state index in [0.717, 1.165) is 0 Å². The van der Waals surface area contributed by atoms with Crippen molar-refractivity contribution < 1.29 is 19.4 Å². The monoisotopic (exact) mass is 254 g/mol. The molecule has 0 aliphatic rings. The predicted molar refractivity (Wildman–Crippen MR) is 67.1 cm³/mol. The second-order valence-corrected chi connectivity index (χ2v) is 4.36. The number of nitrogens with zero attached hydrogens (tertiary/aromatic N) is 1. The normalized spacial score (nSPS) is 10.8. The number of carbonyl (C=O) groups is 1. The van der Waals surface area contributed by atoms with Gasteiger partial charge >= 0.3 is 5.97 Å².